The Hall–Kier alpha value is -1.40. The van der Waals surface area contributed by atoms with Crippen molar-refractivity contribution < 1.29 is 18.3 Å². The molecule has 0 radical (unpaired) electrons. The minimum absolute atomic E-state index is 0.127. The molecule has 0 aliphatic rings. The molecule has 1 atom stereocenters. The SMILES string of the molecule is CCC(O)CCNC(=O)c1cc(S(C)(=O)=O)ccc1C. The van der Waals surface area contributed by atoms with Crippen molar-refractivity contribution in [1.82, 2.24) is 5.32 Å². The molecular weight excluding hydrogens is 278 g/mol. The maximum absolute atomic E-state index is 12.0. The molecule has 0 aliphatic carbocycles. The number of aliphatic hydroxyl groups excluding tert-OH is 1. The van der Waals surface area contributed by atoms with E-state index in [0.717, 1.165) is 6.26 Å². The molecule has 20 heavy (non-hydrogen) atoms. The van der Waals surface area contributed by atoms with Gasteiger partial charge in [0.05, 0.1) is 11.0 Å². The van der Waals surface area contributed by atoms with Crippen molar-refractivity contribution in [2.45, 2.75) is 37.7 Å². The first-order chi connectivity index (χ1) is 9.25. The quantitative estimate of drug-likeness (QED) is 0.829. The Morgan fingerprint density at radius 2 is 2.05 bits per heavy atom. The smallest absolute Gasteiger partial charge is 0.251 e. The van der Waals surface area contributed by atoms with Crippen LogP contribution < -0.4 is 5.32 Å². The van der Waals surface area contributed by atoms with Gasteiger partial charge in [-0.05, 0) is 37.5 Å². The molecule has 0 bridgehead atoms. The van der Waals surface area contributed by atoms with Gasteiger partial charge in [-0.15, -0.1) is 0 Å². The Morgan fingerprint density at radius 1 is 1.40 bits per heavy atom. The maximum atomic E-state index is 12.0. The lowest BCUT2D eigenvalue weighted by Gasteiger charge is -2.11. The Labute approximate surface area is 119 Å². The number of rotatable bonds is 6. The number of hydrogen-bond donors (Lipinski definition) is 2. The summed E-state index contributed by atoms with van der Waals surface area (Å²) in [6.07, 6.45) is 1.79. The molecule has 0 aliphatic heterocycles. The minimum atomic E-state index is -3.33. The molecule has 6 heteroatoms. The highest BCUT2D eigenvalue weighted by Gasteiger charge is 2.14. The lowest BCUT2D eigenvalue weighted by molar-refractivity contribution is 0.0941. The summed E-state index contributed by atoms with van der Waals surface area (Å²) in [6.45, 7) is 3.98. The highest BCUT2D eigenvalue weighted by Crippen LogP contribution is 2.15. The third-order valence-electron chi connectivity index (χ3n) is 3.12. The van der Waals surface area contributed by atoms with E-state index in [2.05, 4.69) is 5.32 Å². The molecule has 0 fully saturated rings. The van der Waals surface area contributed by atoms with Crippen LogP contribution >= 0.6 is 0 Å². The third-order valence-corrected chi connectivity index (χ3v) is 4.23. The lowest BCUT2D eigenvalue weighted by Crippen LogP contribution is -2.27. The Kier molecular flexibility index (Phi) is 5.71. The average Bonchev–Trinajstić information content (AvgIpc) is 2.37. The first kappa shape index (κ1) is 16.7. The van der Waals surface area contributed by atoms with Gasteiger partial charge in [0.1, 0.15) is 0 Å². The summed E-state index contributed by atoms with van der Waals surface area (Å²) in [4.78, 5) is 12.2. The Bertz CT molecular complexity index is 581. The fraction of sp³-hybridized carbons (Fsp3) is 0.500. The predicted molar refractivity (Wildman–Crippen MR) is 77.5 cm³/mol. The van der Waals surface area contributed by atoms with Gasteiger partial charge >= 0.3 is 0 Å². The molecule has 5 nitrogen and oxygen atoms in total. The van der Waals surface area contributed by atoms with Gasteiger partial charge in [0.25, 0.3) is 5.91 Å². The monoisotopic (exact) mass is 299 g/mol. The van der Waals surface area contributed by atoms with E-state index in [-0.39, 0.29) is 10.8 Å². The molecule has 2 N–H and O–H groups in total. The molecule has 1 unspecified atom stereocenters. The summed E-state index contributed by atoms with van der Waals surface area (Å²) in [5.41, 5.74) is 1.06. The van der Waals surface area contributed by atoms with Gasteiger partial charge in [-0.1, -0.05) is 13.0 Å². The summed E-state index contributed by atoms with van der Waals surface area (Å²) in [5.74, 6) is -0.323. The predicted octanol–water partition coefficient (Wildman–Crippen LogP) is 1.29. The number of sulfone groups is 1. The standard InChI is InChI=1S/C14H21NO4S/c1-4-11(16)7-8-15-14(17)13-9-12(20(3,18)19)6-5-10(13)2/h5-6,9,11,16H,4,7-8H2,1-3H3,(H,15,17). The zero-order valence-corrected chi connectivity index (χ0v) is 12.8. The second-order valence-corrected chi connectivity index (χ2v) is 6.87. The zero-order chi connectivity index (χ0) is 15.3. The van der Waals surface area contributed by atoms with Crippen molar-refractivity contribution in [1.29, 1.82) is 0 Å². The average molecular weight is 299 g/mol. The number of amides is 1. The molecule has 1 amide bonds. The zero-order valence-electron chi connectivity index (χ0n) is 12.0. The van der Waals surface area contributed by atoms with Crippen LogP contribution in [0.3, 0.4) is 0 Å². The van der Waals surface area contributed by atoms with Gasteiger partial charge in [0, 0.05) is 18.4 Å². The van der Waals surface area contributed by atoms with Crippen molar-refractivity contribution in [3.8, 4) is 0 Å². The van der Waals surface area contributed by atoms with Gasteiger partial charge in [-0.3, -0.25) is 4.79 Å². The summed E-state index contributed by atoms with van der Waals surface area (Å²) < 4.78 is 23.0. The molecule has 112 valence electrons. The van der Waals surface area contributed by atoms with Gasteiger partial charge in [0.2, 0.25) is 0 Å². The highest BCUT2D eigenvalue weighted by molar-refractivity contribution is 7.90. The van der Waals surface area contributed by atoms with Crippen LogP contribution in [-0.4, -0.2) is 38.3 Å². The van der Waals surface area contributed by atoms with E-state index in [9.17, 15) is 18.3 Å². The topological polar surface area (TPSA) is 83.5 Å². The van der Waals surface area contributed by atoms with Crippen molar-refractivity contribution in [3.05, 3.63) is 29.3 Å². The van der Waals surface area contributed by atoms with E-state index in [1.807, 2.05) is 6.92 Å². The van der Waals surface area contributed by atoms with E-state index < -0.39 is 15.9 Å². The van der Waals surface area contributed by atoms with Crippen LogP contribution in [0.4, 0.5) is 0 Å². The summed E-state index contributed by atoms with van der Waals surface area (Å²) in [5, 5.41) is 12.1. The van der Waals surface area contributed by atoms with E-state index in [1.54, 1.807) is 13.0 Å². The van der Waals surface area contributed by atoms with Crippen molar-refractivity contribution >= 4 is 15.7 Å². The lowest BCUT2D eigenvalue weighted by atomic mass is 10.1. The summed E-state index contributed by atoms with van der Waals surface area (Å²) >= 11 is 0. The second-order valence-electron chi connectivity index (χ2n) is 4.86. The molecular formula is C14H21NO4S. The Balaban J connectivity index is 2.82. The molecule has 1 rings (SSSR count). The molecule has 0 spiro atoms. The van der Waals surface area contributed by atoms with E-state index >= 15 is 0 Å². The molecule has 0 heterocycles. The van der Waals surface area contributed by atoms with Crippen molar-refractivity contribution in [3.63, 3.8) is 0 Å². The van der Waals surface area contributed by atoms with Gasteiger partial charge < -0.3 is 10.4 Å². The molecule has 0 aromatic heterocycles. The number of hydrogen-bond acceptors (Lipinski definition) is 4. The normalized spacial score (nSPS) is 13.0. The first-order valence-corrected chi connectivity index (χ1v) is 8.41. The fourth-order valence-electron chi connectivity index (χ4n) is 1.73. The van der Waals surface area contributed by atoms with E-state index in [1.165, 1.54) is 12.1 Å². The Morgan fingerprint density at radius 3 is 2.60 bits per heavy atom. The number of carbonyl (C=O) groups is 1. The number of aliphatic hydroxyl groups is 1. The molecule has 0 saturated carbocycles. The molecule has 0 saturated heterocycles. The van der Waals surface area contributed by atoms with Gasteiger partial charge in [0.15, 0.2) is 9.84 Å². The second kappa shape index (κ2) is 6.85. The van der Waals surface area contributed by atoms with Crippen molar-refractivity contribution in [2.24, 2.45) is 0 Å². The fourth-order valence-corrected chi connectivity index (χ4v) is 2.38. The van der Waals surface area contributed by atoms with Crippen LogP contribution in [0.25, 0.3) is 0 Å². The number of nitrogens with one attached hydrogen (secondary N) is 1. The van der Waals surface area contributed by atoms with Crippen LogP contribution in [-0.2, 0) is 9.84 Å². The summed E-state index contributed by atoms with van der Waals surface area (Å²) in [7, 11) is -3.33. The van der Waals surface area contributed by atoms with Gasteiger partial charge in [-0.25, -0.2) is 8.42 Å². The largest absolute Gasteiger partial charge is 0.393 e. The van der Waals surface area contributed by atoms with Crippen LogP contribution in [0.5, 0.6) is 0 Å². The maximum Gasteiger partial charge on any atom is 0.251 e. The molecule has 1 aromatic carbocycles. The van der Waals surface area contributed by atoms with Crippen LogP contribution in [0.2, 0.25) is 0 Å². The van der Waals surface area contributed by atoms with Crippen LogP contribution in [0, 0.1) is 6.92 Å². The molecule has 1 aromatic rings. The first-order valence-electron chi connectivity index (χ1n) is 6.52. The number of benzene rings is 1. The van der Waals surface area contributed by atoms with E-state index in [4.69, 9.17) is 0 Å². The summed E-state index contributed by atoms with van der Waals surface area (Å²) in [6, 6.07) is 4.49. The van der Waals surface area contributed by atoms with Crippen LogP contribution in [0.1, 0.15) is 35.7 Å². The van der Waals surface area contributed by atoms with Crippen molar-refractivity contribution in [2.75, 3.05) is 12.8 Å². The third kappa shape index (κ3) is 4.61. The van der Waals surface area contributed by atoms with E-state index in [0.29, 0.717) is 30.5 Å². The number of carbonyl (C=O) groups excluding carboxylic acids is 1. The highest BCUT2D eigenvalue weighted by atomic mass is 32.2. The minimum Gasteiger partial charge on any atom is -0.393 e. The van der Waals surface area contributed by atoms with Crippen LogP contribution in [0.15, 0.2) is 23.1 Å². The number of aryl methyl sites for hydroxylation is 1. The van der Waals surface area contributed by atoms with Gasteiger partial charge in [-0.2, -0.15) is 0 Å².